The third kappa shape index (κ3) is 5.79. The smallest absolute Gasteiger partial charge is 0.169 e. The second-order valence-corrected chi connectivity index (χ2v) is 9.00. The lowest BCUT2D eigenvalue weighted by atomic mass is 9.99. The molecule has 0 unspecified atom stereocenters. The number of ether oxygens (including phenoxy) is 1. The summed E-state index contributed by atoms with van der Waals surface area (Å²) < 4.78 is 7.17. The van der Waals surface area contributed by atoms with Gasteiger partial charge in [0.2, 0.25) is 0 Å². The molecule has 0 aliphatic carbocycles. The summed E-state index contributed by atoms with van der Waals surface area (Å²) >= 11 is 6.55. The summed E-state index contributed by atoms with van der Waals surface area (Å²) in [5, 5.41) is 13.6. The molecule has 2 heterocycles. The van der Waals surface area contributed by atoms with Gasteiger partial charge in [0.1, 0.15) is 5.75 Å². The van der Waals surface area contributed by atoms with Gasteiger partial charge in [-0.1, -0.05) is 61.8 Å². The molecule has 0 fully saturated rings. The largest absolute Gasteiger partial charge is 0.497 e. The van der Waals surface area contributed by atoms with Gasteiger partial charge in [0.15, 0.2) is 5.82 Å². The standard InChI is InChI=1S/C26H29ClN6O/c1-19(2)25(26-29-30-31-33(26)17-20-10-12-23(34-3)13-11-20)32(16-21-7-6-14-28-15-21)18-22-8-4-5-9-24(22)27/h4-15,19,25H,16-18H2,1-3H3/t25-/m1/s1. The number of hydrogen-bond donors (Lipinski definition) is 0. The topological polar surface area (TPSA) is 69.0 Å². The normalized spacial score (nSPS) is 12.3. The van der Waals surface area contributed by atoms with Crippen molar-refractivity contribution >= 4 is 11.6 Å². The van der Waals surface area contributed by atoms with Gasteiger partial charge in [-0.2, -0.15) is 0 Å². The molecule has 0 saturated heterocycles. The minimum Gasteiger partial charge on any atom is -0.497 e. The molecule has 0 aliphatic heterocycles. The molecule has 34 heavy (non-hydrogen) atoms. The Morgan fingerprint density at radius 1 is 0.971 bits per heavy atom. The second-order valence-electron chi connectivity index (χ2n) is 8.59. The number of rotatable bonds is 10. The number of hydrogen-bond acceptors (Lipinski definition) is 6. The van der Waals surface area contributed by atoms with E-state index in [1.54, 1.807) is 13.3 Å². The van der Waals surface area contributed by atoms with Crippen LogP contribution in [0.15, 0.2) is 73.1 Å². The van der Waals surface area contributed by atoms with Crippen LogP contribution in [0.5, 0.6) is 5.75 Å². The zero-order valence-electron chi connectivity index (χ0n) is 19.7. The fourth-order valence-corrected chi connectivity index (χ4v) is 4.34. The molecule has 0 spiro atoms. The highest BCUT2D eigenvalue weighted by Gasteiger charge is 2.30. The van der Waals surface area contributed by atoms with E-state index in [0.717, 1.165) is 33.3 Å². The van der Waals surface area contributed by atoms with Gasteiger partial charge >= 0.3 is 0 Å². The summed E-state index contributed by atoms with van der Waals surface area (Å²) in [6.07, 6.45) is 3.69. The number of benzene rings is 2. The Labute approximate surface area is 205 Å². The molecule has 4 rings (SSSR count). The average Bonchev–Trinajstić information content (AvgIpc) is 3.29. The van der Waals surface area contributed by atoms with Crippen LogP contribution in [0.3, 0.4) is 0 Å². The SMILES string of the molecule is COc1ccc(Cn2nnnc2[C@@H](C(C)C)N(Cc2cccnc2)Cc2ccccc2Cl)cc1. The van der Waals surface area contributed by atoms with E-state index in [2.05, 4.69) is 51.4 Å². The van der Waals surface area contributed by atoms with Gasteiger partial charge in [0.05, 0.1) is 19.7 Å². The first-order valence-electron chi connectivity index (χ1n) is 11.3. The van der Waals surface area contributed by atoms with Crippen molar-refractivity contribution in [2.24, 2.45) is 5.92 Å². The fraction of sp³-hybridized carbons (Fsp3) is 0.308. The number of nitrogens with zero attached hydrogens (tertiary/aromatic N) is 6. The third-order valence-corrected chi connectivity index (χ3v) is 6.15. The molecule has 7 nitrogen and oxygen atoms in total. The van der Waals surface area contributed by atoms with E-state index in [0.29, 0.717) is 19.6 Å². The lowest BCUT2D eigenvalue weighted by Crippen LogP contribution is -2.34. The summed E-state index contributed by atoms with van der Waals surface area (Å²) in [5.41, 5.74) is 3.28. The molecule has 0 radical (unpaired) electrons. The minimum atomic E-state index is -0.0373. The van der Waals surface area contributed by atoms with Crippen molar-refractivity contribution in [1.29, 1.82) is 0 Å². The van der Waals surface area contributed by atoms with E-state index >= 15 is 0 Å². The first-order valence-corrected chi connectivity index (χ1v) is 11.7. The molecule has 0 amide bonds. The van der Waals surface area contributed by atoms with Crippen LogP contribution in [-0.4, -0.2) is 37.2 Å². The summed E-state index contributed by atoms with van der Waals surface area (Å²) in [6.45, 7) is 6.31. The maximum absolute atomic E-state index is 6.55. The number of pyridine rings is 1. The first kappa shape index (κ1) is 23.9. The molecule has 0 aliphatic rings. The molecule has 4 aromatic rings. The molecular weight excluding hydrogens is 448 g/mol. The van der Waals surface area contributed by atoms with Gasteiger partial charge < -0.3 is 4.74 Å². The molecule has 176 valence electrons. The van der Waals surface area contributed by atoms with Crippen LogP contribution in [0.4, 0.5) is 0 Å². The van der Waals surface area contributed by atoms with Crippen molar-refractivity contribution in [3.8, 4) is 5.75 Å². The summed E-state index contributed by atoms with van der Waals surface area (Å²) in [6, 6.07) is 19.9. The van der Waals surface area contributed by atoms with Crippen molar-refractivity contribution in [2.75, 3.05) is 7.11 Å². The van der Waals surface area contributed by atoms with Gasteiger partial charge in [0, 0.05) is 30.5 Å². The van der Waals surface area contributed by atoms with Gasteiger partial charge in [-0.15, -0.1) is 5.10 Å². The molecule has 0 saturated carbocycles. The third-order valence-electron chi connectivity index (χ3n) is 5.78. The molecule has 2 aromatic heterocycles. The van der Waals surface area contributed by atoms with Gasteiger partial charge in [0.25, 0.3) is 0 Å². The molecular formula is C26H29ClN6O. The highest BCUT2D eigenvalue weighted by Crippen LogP contribution is 2.31. The van der Waals surface area contributed by atoms with Crippen LogP contribution in [0.2, 0.25) is 5.02 Å². The van der Waals surface area contributed by atoms with E-state index in [4.69, 9.17) is 16.3 Å². The van der Waals surface area contributed by atoms with Crippen LogP contribution in [0, 0.1) is 5.92 Å². The van der Waals surface area contributed by atoms with E-state index in [9.17, 15) is 0 Å². The molecule has 0 bridgehead atoms. The number of tetrazole rings is 1. The lowest BCUT2D eigenvalue weighted by Gasteiger charge is -2.34. The van der Waals surface area contributed by atoms with Gasteiger partial charge in [-0.25, -0.2) is 4.68 Å². The monoisotopic (exact) mass is 476 g/mol. The van der Waals surface area contributed by atoms with Crippen LogP contribution in [-0.2, 0) is 19.6 Å². The minimum absolute atomic E-state index is 0.0373. The molecule has 2 aromatic carbocycles. The van der Waals surface area contributed by atoms with E-state index in [1.165, 1.54) is 0 Å². The maximum atomic E-state index is 6.55. The van der Waals surface area contributed by atoms with Crippen molar-refractivity contribution in [1.82, 2.24) is 30.1 Å². The first-order chi connectivity index (χ1) is 16.5. The van der Waals surface area contributed by atoms with Crippen LogP contribution < -0.4 is 4.74 Å². The Morgan fingerprint density at radius 3 is 2.44 bits per heavy atom. The van der Waals surface area contributed by atoms with Crippen LogP contribution >= 0.6 is 11.6 Å². The van der Waals surface area contributed by atoms with Crippen molar-refractivity contribution in [3.05, 3.63) is 101 Å². The van der Waals surface area contributed by atoms with Gasteiger partial charge in [-0.3, -0.25) is 9.88 Å². The highest BCUT2D eigenvalue weighted by molar-refractivity contribution is 6.31. The second kappa shape index (κ2) is 11.2. The van der Waals surface area contributed by atoms with Crippen molar-refractivity contribution in [3.63, 3.8) is 0 Å². The Morgan fingerprint density at radius 2 is 1.76 bits per heavy atom. The number of methoxy groups -OCH3 is 1. The predicted molar refractivity (Wildman–Crippen MR) is 132 cm³/mol. The van der Waals surface area contributed by atoms with Crippen molar-refractivity contribution < 1.29 is 4.74 Å². The Bertz CT molecular complexity index is 1180. The average molecular weight is 477 g/mol. The van der Waals surface area contributed by atoms with Crippen LogP contribution in [0.1, 0.15) is 42.4 Å². The van der Waals surface area contributed by atoms with Gasteiger partial charge in [-0.05, 0) is 57.3 Å². The summed E-state index contributed by atoms with van der Waals surface area (Å²) in [5.74, 6) is 1.89. The predicted octanol–water partition coefficient (Wildman–Crippen LogP) is 5.18. The quantitative estimate of drug-likeness (QED) is 0.314. The molecule has 8 heteroatoms. The summed E-state index contributed by atoms with van der Waals surface area (Å²) in [7, 11) is 1.66. The lowest BCUT2D eigenvalue weighted by molar-refractivity contribution is 0.126. The van der Waals surface area contributed by atoms with E-state index < -0.39 is 0 Å². The Hall–Kier alpha value is -3.29. The zero-order chi connectivity index (χ0) is 23.9. The maximum Gasteiger partial charge on any atom is 0.169 e. The van der Waals surface area contributed by atoms with Crippen LogP contribution in [0.25, 0.3) is 0 Å². The zero-order valence-corrected chi connectivity index (χ0v) is 20.4. The van der Waals surface area contributed by atoms with Crippen molar-refractivity contribution in [2.45, 2.75) is 39.5 Å². The number of halogens is 1. The van der Waals surface area contributed by atoms with E-state index in [-0.39, 0.29) is 12.0 Å². The fourth-order valence-electron chi connectivity index (χ4n) is 4.15. The Kier molecular flexibility index (Phi) is 7.87. The molecule has 0 N–H and O–H groups in total. The molecule has 1 atom stereocenters. The Balaban J connectivity index is 1.68. The highest BCUT2D eigenvalue weighted by atomic mass is 35.5. The summed E-state index contributed by atoms with van der Waals surface area (Å²) in [4.78, 5) is 6.68. The van der Waals surface area contributed by atoms with E-state index in [1.807, 2.05) is 59.4 Å². The number of aromatic nitrogens is 5.